The van der Waals surface area contributed by atoms with Gasteiger partial charge in [-0.05, 0) is 41.8 Å². The highest BCUT2D eigenvalue weighted by Gasteiger charge is 2.15. The van der Waals surface area contributed by atoms with Gasteiger partial charge in [0.25, 0.3) is 5.91 Å². The third kappa shape index (κ3) is 5.87. The maximum absolute atomic E-state index is 12.8. The normalized spacial score (nSPS) is 10.8. The lowest BCUT2D eigenvalue weighted by molar-refractivity contribution is -0.131. The lowest BCUT2D eigenvalue weighted by Gasteiger charge is -2.22. The molecule has 6 heteroatoms. The van der Waals surface area contributed by atoms with Gasteiger partial charge in [0, 0.05) is 24.2 Å². The molecule has 0 saturated heterocycles. The summed E-state index contributed by atoms with van der Waals surface area (Å²) in [5, 5.41) is 13.1. The van der Waals surface area contributed by atoms with Gasteiger partial charge in [0.05, 0.1) is 13.0 Å². The molecule has 2 N–H and O–H groups in total. The molecule has 4 aromatic rings. The molecule has 4 rings (SSSR count). The van der Waals surface area contributed by atoms with Crippen LogP contribution in [0.2, 0.25) is 0 Å². The zero-order valence-electron chi connectivity index (χ0n) is 18.2. The predicted octanol–water partition coefficient (Wildman–Crippen LogP) is 4.29. The topological polar surface area (TPSA) is 82.8 Å². The number of hydrogen-bond acceptors (Lipinski definition) is 4. The van der Waals surface area contributed by atoms with Gasteiger partial charge in [-0.2, -0.15) is 0 Å². The van der Waals surface area contributed by atoms with Crippen LogP contribution in [0.3, 0.4) is 0 Å². The minimum absolute atomic E-state index is 0.0426. The first-order chi connectivity index (χ1) is 16.1. The molecule has 1 heterocycles. The molecule has 0 spiro atoms. The Morgan fingerprint density at radius 3 is 2.30 bits per heavy atom. The number of anilines is 1. The Kier molecular flexibility index (Phi) is 7.17. The van der Waals surface area contributed by atoms with Gasteiger partial charge >= 0.3 is 0 Å². The molecule has 168 valence electrons. The van der Waals surface area contributed by atoms with E-state index < -0.39 is 0 Å². The lowest BCUT2D eigenvalue weighted by Crippen LogP contribution is -2.36. The molecule has 0 aliphatic heterocycles. The Morgan fingerprint density at radius 2 is 1.58 bits per heavy atom. The third-order valence-electron chi connectivity index (χ3n) is 5.45. The van der Waals surface area contributed by atoms with Crippen LogP contribution in [0.5, 0.6) is 0 Å². The number of rotatable bonds is 9. The Labute approximate surface area is 192 Å². The molecule has 1 aromatic heterocycles. The molecule has 0 aliphatic rings. The number of fused-ring (bicyclic) bond motifs is 1. The number of amides is 2. The Morgan fingerprint density at radius 1 is 0.848 bits per heavy atom. The summed E-state index contributed by atoms with van der Waals surface area (Å²) in [4.78, 5) is 27.0. The van der Waals surface area contributed by atoms with Crippen molar-refractivity contribution in [2.24, 2.45) is 0 Å². The van der Waals surface area contributed by atoms with Crippen LogP contribution in [-0.4, -0.2) is 41.5 Å². The van der Waals surface area contributed by atoms with Crippen LogP contribution < -0.4 is 5.32 Å². The number of furan rings is 1. The summed E-state index contributed by atoms with van der Waals surface area (Å²) in [6.45, 7) is 0.777. The van der Waals surface area contributed by atoms with Crippen molar-refractivity contribution < 1.29 is 19.1 Å². The van der Waals surface area contributed by atoms with Gasteiger partial charge in [-0.25, -0.2) is 0 Å². The van der Waals surface area contributed by atoms with Gasteiger partial charge in [-0.1, -0.05) is 60.7 Å². The zero-order chi connectivity index (χ0) is 23.0. The molecule has 0 bridgehead atoms. The molecule has 0 aliphatic carbocycles. The highest BCUT2D eigenvalue weighted by atomic mass is 16.3. The first kappa shape index (κ1) is 22.3. The number of benzene rings is 3. The molecule has 3 aromatic carbocycles. The minimum Gasteiger partial charge on any atom is -0.451 e. The second-order valence-electron chi connectivity index (χ2n) is 7.82. The number of aliphatic hydroxyl groups is 1. The summed E-state index contributed by atoms with van der Waals surface area (Å²) in [5.74, 6) is -0.127. The second-order valence-corrected chi connectivity index (χ2v) is 7.82. The van der Waals surface area contributed by atoms with Gasteiger partial charge in [0.15, 0.2) is 5.76 Å². The highest BCUT2D eigenvalue weighted by Crippen LogP contribution is 2.20. The van der Waals surface area contributed by atoms with E-state index >= 15 is 0 Å². The van der Waals surface area contributed by atoms with E-state index in [4.69, 9.17) is 4.42 Å². The summed E-state index contributed by atoms with van der Waals surface area (Å²) < 4.78 is 5.60. The average molecular weight is 443 g/mol. The summed E-state index contributed by atoms with van der Waals surface area (Å²) >= 11 is 0. The number of carbonyl (C=O) groups is 2. The zero-order valence-corrected chi connectivity index (χ0v) is 18.2. The van der Waals surface area contributed by atoms with E-state index in [1.165, 1.54) is 0 Å². The average Bonchev–Trinajstić information content (AvgIpc) is 3.28. The van der Waals surface area contributed by atoms with Crippen molar-refractivity contribution in [3.63, 3.8) is 0 Å². The first-order valence-corrected chi connectivity index (χ1v) is 10.9. The lowest BCUT2D eigenvalue weighted by atomic mass is 10.1. The van der Waals surface area contributed by atoms with Crippen LogP contribution >= 0.6 is 0 Å². The summed E-state index contributed by atoms with van der Waals surface area (Å²) in [6.07, 6.45) is 0.964. The predicted molar refractivity (Wildman–Crippen MR) is 128 cm³/mol. The van der Waals surface area contributed by atoms with Gasteiger partial charge < -0.3 is 19.7 Å². The molecule has 6 nitrogen and oxygen atoms in total. The quantitative estimate of drug-likeness (QED) is 0.405. The maximum Gasteiger partial charge on any atom is 0.291 e. The minimum atomic E-state index is -0.329. The van der Waals surface area contributed by atoms with E-state index in [1.807, 2.05) is 66.7 Å². The Hall–Kier alpha value is -3.90. The fourth-order valence-corrected chi connectivity index (χ4v) is 3.67. The van der Waals surface area contributed by atoms with Crippen molar-refractivity contribution >= 4 is 28.5 Å². The van der Waals surface area contributed by atoms with E-state index in [0.29, 0.717) is 24.4 Å². The molecule has 0 radical (unpaired) electrons. The fraction of sp³-hybridized carbons (Fsp3) is 0.185. The van der Waals surface area contributed by atoms with Crippen molar-refractivity contribution in [2.45, 2.75) is 12.8 Å². The van der Waals surface area contributed by atoms with Crippen LogP contribution in [0.4, 0.5) is 5.69 Å². The monoisotopic (exact) mass is 442 g/mol. The van der Waals surface area contributed by atoms with Crippen molar-refractivity contribution in [1.29, 1.82) is 0 Å². The number of aliphatic hydroxyl groups excluding tert-OH is 1. The molecular formula is C27H26N2O4. The first-order valence-electron chi connectivity index (χ1n) is 10.9. The van der Waals surface area contributed by atoms with Gasteiger partial charge in [-0.15, -0.1) is 0 Å². The molecular weight excluding hydrogens is 416 g/mol. The van der Waals surface area contributed by atoms with Gasteiger partial charge in [0.2, 0.25) is 5.91 Å². The van der Waals surface area contributed by atoms with Crippen molar-refractivity contribution in [3.05, 3.63) is 102 Å². The summed E-state index contributed by atoms with van der Waals surface area (Å²) in [5.41, 5.74) is 3.27. The van der Waals surface area contributed by atoms with E-state index in [0.717, 1.165) is 22.9 Å². The van der Waals surface area contributed by atoms with E-state index in [-0.39, 0.29) is 30.6 Å². The Bertz CT molecular complexity index is 1180. The molecule has 2 amide bonds. The van der Waals surface area contributed by atoms with Crippen LogP contribution in [0.25, 0.3) is 11.0 Å². The van der Waals surface area contributed by atoms with Crippen LogP contribution in [0.1, 0.15) is 21.7 Å². The van der Waals surface area contributed by atoms with E-state index in [2.05, 4.69) is 5.32 Å². The van der Waals surface area contributed by atoms with E-state index in [1.54, 1.807) is 23.1 Å². The standard InChI is InChI=1S/C27H26N2O4/c30-17-16-29(15-14-20-6-2-1-3-7-20)26(31)18-21-10-12-23(13-11-21)28-27(32)25-19-22-8-4-5-9-24(22)33-25/h1-13,19,30H,14-18H2,(H,28,32). The second kappa shape index (κ2) is 10.6. The number of nitrogens with one attached hydrogen (secondary N) is 1. The smallest absolute Gasteiger partial charge is 0.291 e. The fourth-order valence-electron chi connectivity index (χ4n) is 3.67. The molecule has 0 unspecified atom stereocenters. The summed E-state index contributed by atoms with van der Waals surface area (Å²) in [6, 6.07) is 26.3. The maximum atomic E-state index is 12.8. The number of hydrogen-bond donors (Lipinski definition) is 2. The summed E-state index contributed by atoms with van der Waals surface area (Å²) in [7, 11) is 0. The van der Waals surface area contributed by atoms with Crippen LogP contribution in [0.15, 0.2) is 89.3 Å². The SMILES string of the molecule is O=C(Nc1ccc(CC(=O)N(CCO)CCc2ccccc2)cc1)c1cc2ccccc2o1. The molecule has 0 atom stereocenters. The highest BCUT2D eigenvalue weighted by molar-refractivity contribution is 6.04. The number of para-hydroxylation sites is 1. The molecule has 33 heavy (non-hydrogen) atoms. The van der Waals surface area contributed by atoms with Crippen LogP contribution in [-0.2, 0) is 17.6 Å². The van der Waals surface area contributed by atoms with Crippen molar-refractivity contribution in [2.75, 3.05) is 25.0 Å². The number of nitrogens with zero attached hydrogens (tertiary/aromatic N) is 1. The van der Waals surface area contributed by atoms with Gasteiger partial charge in [0.1, 0.15) is 5.58 Å². The Balaban J connectivity index is 1.34. The molecule has 0 saturated carbocycles. The number of carbonyl (C=O) groups excluding carboxylic acids is 2. The third-order valence-corrected chi connectivity index (χ3v) is 5.45. The van der Waals surface area contributed by atoms with Crippen LogP contribution in [0, 0.1) is 0 Å². The van der Waals surface area contributed by atoms with Crippen molar-refractivity contribution in [1.82, 2.24) is 4.90 Å². The van der Waals surface area contributed by atoms with Gasteiger partial charge in [-0.3, -0.25) is 9.59 Å². The van der Waals surface area contributed by atoms with Crippen molar-refractivity contribution in [3.8, 4) is 0 Å². The molecule has 0 fully saturated rings. The largest absolute Gasteiger partial charge is 0.451 e. The van der Waals surface area contributed by atoms with E-state index in [9.17, 15) is 14.7 Å².